The lowest BCUT2D eigenvalue weighted by Gasteiger charge is -2.19. The predicted octanol–water partition coefficient (Wildman–Crippen LogP) is 2.48. The van der Waals surface area contributed by atoms with Gasteiger partial charge < -0.3 is 10.4 Å². The standard InChI is InChI=1S/C14H19N3O2/c1-8(2)5-13(14(18)19)17-12-6-9(3)16-10(4)11(12)7-15/h6,8,13H,5H2,1-4H3,(H,16,17)(H,18,19). The van der Waals surface area contributed by atoms with Gasteiger partial charge in [0.05, 0.1) is 16.9 Å². The number of aliphatic carboxylic acids is 1. The van der Waals surface area contributed by atoms with Crippen LogP contribution in [0.1, 0.15) is 37.2 Å². The number of pyridine rings is 1. The number of anilines is 1. The summed E-state index contributed by atoms with van der Waals surface area (Å²) in [4.78, 5) is 15.5. The van der Waals surface area contributed by atoms with Gasteiger partial charge in [-0.25, -0.2) is 4.79 Å². The van der Waals surface area contributed by atoms with Crippen molar-refractivity contribution < 1.29 is 9.90 Å². The fourth-order valence-electron chi connectivity index (χ4n) is 1.96. The lowest BCUT2D eigenvalue weighted by molar-refractivity contribution is -0.138. The number of hydrogen-bond donors (Lipinski definition) is 2. The fraction of sp³-hybridized carbons (Fsp3) is 0.500. The van der Waals surface area contributed by atoms with Crippen LogP contribution in [0.3, 0.4) is 0 Å². The van der Waals surface area contributed by atoms with Crippen LogP contribution in [0, 0.1) is 31.1 Å². The highest BCUT2D eigenvalue weighted by atomic mass is 16.4. The first-order valence-corrected chi connectivity index (χ1v) is 6.22. The summed E-state index contributed by atoms with van der Waals surface area (Å²) < 4.78 is 0. The Balaban J connectivity index is 3.09. The van der Waals surface area contributed by atoms with E-state index in [9.17, 15) is 9.90 Å². The maximum atomic E-state index is 11.2. The van der Waals surface area contributed by atoms with E-state index in [1.165, 1.54) is 0 Å². The average Bonchev–Trinajstić information content (AvgIpc) is 2.26. The molecular weight excluding hydrogens is 242 g/mol. The van der Waals surface area contributed by atoms with Gasteiger partial charge in [0.1, 0.15) is 12.1 Å². The molecule has 0 radical (unpaired) electrons. The third kappa shape index (κ3) is 3.95. The van der Waals surface area contributed by atoms with Gasteiger partial charge >= 0.3 is 5.97 Å². The van der Waals surface area contributed by atoms with Crippen LogP contribution in [0.15, 0.2) is 6.07 Å². The first-order chi connectivity index (χ1) is 8.85. The smallest absolute Gasteiger partial charge is 0.326 e. The number of carboxylic acids is 1. The summed E-state index contributed by atoms with van der Waals surface area (Å²) in [5, 5.41) is 21.3. The van der Waals surface area contributed by atoms with Crippen LogP contribution in [0.25, 0.3) is 0 Å². The molecule has 0 fully saturated rings. The molecule has 1 aromatic rings. The summed E-state index contributed by atoms with van der Waals surface area (Å²) in [5.74, 6) is -0.659. The predicted molar refractivity (Wildman–Crippen MR) is 72.9 cm³/mol. The number of nitriles is 1. The quantitative estimate of drug-likeness (QED) is 0.850. The maximum absolute atomic E-state index is 11.2. The van der Waals surface area contributed by atoms with Crippen LogP contribution >= 0.6 is 0 Å². The van der Waals surface area contributed by atoms with Crippen molar-refractivity contribution in [2.24, 2.45) is 5.92 Å². The molecule has 0 saturated heterocycles. The number of nitrogens with one attached hydrogen (secondary N) is 1. The summed E-state index contributed by atoms with van der Waals surface area (Å²) in [7, 11) is 0. The Bertz CT molecular complexity index is 518. The number of aromatic nitrogens is 1. The molecule has 0 aromatic carbocycles. The topological polar surface area (TPSA) is 86.0 Å². The molecule has 1 heterocycles. The zero-order valence-electron chi connectivity index (χ0n) is 11.7. The zero-order chi connectivity index (χ0) is 14.6. The number of nitrogens with zero attached hydrogens (tertiary/aromatic N) is 2. The van der Waals surface area contributed by atoms with E-state index < -0.39 is 12.0 Å². The Morgan fingerprint density at radius 1 is 1.53 bits per heavy atom. The normalized spacial score (nSPS) is 12.0. The van der Waals surface area contributed by atoms with E-state index in [-0.39, 0.29) is 5.92 Å². The van der Waals surface area contributed by atoms with Crippen molar-refractivity contribution in [3.63, 3.8) is 0 Å². The second-order valence-electron chi connectivity index (χ2n) is 5.05. The molecule has 0 aliphatic rings. The summed E-state index contributed by atoms with van der Waals surface area (Å²) in [6.07, 6.45) is 0.501. The van der Waals surface area contributed by atoms with Gasteiger partial charge in [0.15, 0.2) is 0 Å². The molecule has 0 bridgehead atoms. The van der Waals surface area contributed by atoms with Crippen LogP contribution in [-0.2, 0) is 4.79 Å². The van der Waals surface area contributed by atoms with Gasteiger partial charge in [-0.3, -0.25) is 4.98 Å². The summed E-state index contributed by atoms with van der Waals surface area (Å²) >= 11 is 0. The van der Waals surface area contributed by atoms with E-state index in [4.69, 9.17) is 5.26 Å². The van der Waals surface area contributed by atoms with Crippen molar-refractivity contribution in [1.29, 1.82) is 5.26 Å². The molecule has 1 atom stereocenters. The molecule has 102 valence electrons. The van der Waals surface area contributed by atoms with Gasteiger partial charge in [0, 0.05) is 5.69 Å². The summed E-state index contributed by atoms with van der Waals surface area (Å²) in [5.41, 5.74) is 2.31. The van der Waals surface area contributed by atoms with Gasteiger partial charge in [-0.15, -0.1) is 0 Å². The Morgan fingerprint density at radius 2 is 2.16 bits per heavy atom. The molecule has 1 unspecified atom stereocenters. The molecule has 2 N–H and O–H groups in total. The maximum Gasteiger partial charge on any atom is 0.326 e. The Hall–Kier alpha value is -2.09. The number of carboxylic acid groups (broad SMARTS) is 1. The summed E-state index contributed by atoms with van der Waals surface area (Å²) in [6, 6.07) is 3.08. The third-order valence-corrected chi connectivity index (χ3v) is 2.78. The van der Waals surface area contributed by atoms with Gasteiger partial charge in [-0.2, -0.15) is 5.26 Å². The van der Waals surface area contributed by atoms with Crippen molar-refractivity contribution in [1.82, 2.24) is 4.98 Å². The highest BCUT2D eigenvalue weighted by Crippen LogP contribution is 2.21. The second kappa shape index (κ2) is 6.19. The van der Waals surface area contributed by atoms with E-state index in [1.54, 1.807) is 13.0 Å². The third-order valence-electron chi connectivity index (χ3n) is 2.78. The molecule has 0 spiro atoms. The van der Waals surface area contributed by atoms with Crippen LogP contribution < -0.4 is 5.32 Å². The fourth-order valence-corrected chi connectivity index (χ4v) is 1.96. The van der Waals surface area contributed by atoms with Gasteiger partial charge in [0.2, 0.25) is 0 Å². The van der Waals surface area contributed by atoms with Crippen molar-refractivity contribution >= 4 is 11.7 Å². The highest BCUT2D eigenvalue weighted by molar-refractivity contribution is 5.78. The van der Waals surface area contributed by atoms with Crippen LogP contribution in [0.5, 0.6) is 0 Å². The van der Waals surface area contributed by atoms with Crippen LogP contribution in [0.2, 0.25) is 0 Å². The molecule has 19 heavy (non-hydrogen) atoms. The minimum absolute atomic E-state index is 0.253. The Kier molecular flexibility index (Phi) is 4.87. The van der Waals surface area contributed by atoms with E-state index >= 15 is 0 Å². The number of aryl methyl sites for hydroxylation is 2. The van der Waals surface area contributed by atoms with Crippen LogP contribution in [0.4, 0.5) is 5.69 Å². The molecule has 1 aromatic heterocycles. The molecule has 0 aliphatic carbocycles. The van der Waals surface area contributed by atoms with Gasteiger partial charge in [-0.05, 0) is 32.3 Å². The van der Waals surface area contributed by atoms with E-state index in [1.807, 2.05) is 20.8 Å². The van der Waals surface area contributed by atoms with Crippen molar-refractivity contribution in [2.45, 2.75) is 40.2 Å². The number of hydrogen-bond acceptors (Lipinski definition) is 4. The second-order valence-corrected chi connectivity index (χ2v) is 5.05. The molecule has 0 amide bonds. The van der Waals surface area contributed by atoms with Crippen molar-refractivity contribution in [2.75, 3.05) is 5.32 Å². The van der Waals surface area contributed by atoms with E-state index in [0.717, 1.165) is 5.69 Å². The number of carbonyl (C=O) groups is 1. The molecule has 0 saturated carbocycles. The molecule has 5 heteroatoms. The minimum Gasteiger partial charge on any atom is -0.480 e. The molecule has 0 aliphatic heterocycles. The largest absolute Gasteiger partial charge is 0.480 e. The van der Waals surface area contributed by atoms with E-state index in [0.29, 0.717) is 23.4 Å². The minimum atomic E-state index is -0.912. The van der Waals surface area contributed by atoms with Crippen LogP contribution in [-0.4, -0.2) is 22.1 Å². The highest BCUT2D eigenvalue weighted by Gasteiger charge is 2.20. The lowest BCUT2D eigenvalue weighted by Crippen LogP contribution is -2.31. The molecular formula is C14H19N3O2. The molecule has 1 rings (SSSR count). The summed E-state index contributed by atoms with van der Waals surface area (Å²) in [6.45, 7) is 7.49. The SMILES string of the molecule is Cc1cc(NC(CC(C)C)C(=O)O)c(C#N)c(C)n1. The number of rotatable bonds is 5. The molecule has 5 nitrogen and oxygen atoms in total. The first-order valence-electron chi connectivity index (χ1n) is 6.22. The van der Waals surface area contributed by atoms with Gasteiger partial charge in [0.25, 0.3) is 0 Å². The lowest BCUT2D eigenvalue weighted by atomic mass is 10.0. The monoisotopic (exact) mass is 261 g/mol. The van der Waals surface area contributed by atoms with E-state index in [2.05, 4.69) is 16.4 Å². The van der Waals surface area contributed by atoms with Crippen molar-refractivity contribution in [3.05, 3.63) is 23.0 Å². The van der Waals surface area contributed by atoms with Gasteiger partial charge in [-0.1, -0.05) is 13.8 Å². The van der Waals surface area contributed by atoms with Crippen molar-refractivity contribution in [3.8, 4) is 6.07 Å². The average molecular weight is 261 g/mol. The zero-order valence-corrected chi connectivity index (χ0v) is 11.7. The first kappa shape index (κ1) is 15.0. The Labute approximate surface area is 113 Å². The Morgan fingerprint density at radius 3 is 2.63 bits per heavy atom.